The number of carbonyl (C=O) groups is 1. The average molecular weight is 378 g/mol. The van der Waals surface area contributed by atoms with E-state index in [4.69, 9.17) is 11.6 Å². The number of hydrogen-bond donors (Lipinski definition) is 1. The van der Waals surface area contributed by atoms with E-state index in [1.807, 2.05) is 43.3 Å². The fourth-order valence-electron chi connectivity index (χ4n) is 3.06. The van der Waals surface area contributed by atoms with Crippen LogP contribution in [-0.2, 0) is 17.9 Å². The number of rotatable bonds is 6. The van der Waals surface area contributed by atoms with Gasteiger partial charge in [-0.25, -0.2) is 0 Å². The van der Waals surface area contributed by atoms with E-state index in [0.29, 0.717) is 6.54 Å². The Bertz CT molecular complexity index is 683. The van der Waals surface area contributed by atoms with Crippen molar-refractivity contribution in [3.63, 3.8) is 0 Å². The standard InChI is InChI=1S/C19H24ClN3OS/c1-15(19(24)21-13-16-5-3-2-4-6-16)23-11-9-22(10-12-23)14-17-7-8-18(20)25-17/h2-8,15H,9-14H2,1H3,(H,21,24). The summed E-state index contributed by atoms with van der Waals surface area (Å²) < 4.78 is 0.845. The highest BCUT2D eigenvalue weighted by molar-refractivity contribution is 7.16. The van der Waals surface area contributed by atoms with Crippen molar-refractivity contribution in [3.8, 4) is 0 Å². The molecule has 1 aliphatic rings. The molecule has 0 spiro atoms. The van der Waals surface area contributed by atoms with Crippen LogP contribution >= 0.6 is 22.9 Å². The number of hydrogen-bond acceptors (Lipinski definition) is 4. The summed E-state index contributed by atoms with van der Waals surface area (Å²) >= 11 is 7.64. The van der Waals surface area contributed by atoms with E-state index in [0.717, 1.165) is 42.6 Å². The third-order valence-corrected chi connectivity index (χ3v) is 5.87. The second-order valence-electron chi connectivity index (χ2n) is 6.40. The van der Waals surface area contributed by atoms with Gasteiger partial charge in [0.15, 0.2) is 0 Å². The smallest absolute Gasteiger partial charge is 0.237 e. The predicted molar refractivity (Wildman–Crippen MR) is 104 cm³/mol. The van der Waals surface area contributed by atoms with Gasteiger partial charge in [-0.2, -0.15) is 0 Å². The Balaban J connectivity index is 1.42. The lowest BCUT2D eigenvalue weighted by molar-refractivity contribution is -0.126. The molecule has 0 radical (unpaired) electrons. The second-order valence-corrected chi connectivity index (χ2v) is 8.20. The van der Waals surface area contributed by atoms with Crippen molar-refractivity contribution in [2.75, 3.05) is 26.2 Å². The van der Waals surface area contributed by atoms with Gasteiger partial charge in [0.25, 0.3) is 0 Å². The van der Waals surface area contributed by atoms with Crippen LogP contribution in [0.3, 0.4) is 0 Å². The van der Waals surface area contributed by atoms with E-state index >= 15 is 0 Å². The zero-order valence-electron chi connectivity index (χ0n) is 14.5. The molecule has 1 fully saturated rings. The lowest BCUT2D eigenvalue weighted by atomic mass is 10.2. The molecule has 0 aliphatic carbocycles. The second kappa shape index (κ2) is 8.81. The van der Waals surface area contributed by atoms with Gasteiger partial charge in [-0.05, 0) is 24.6 Å². The minimum absolute atomic E-state index is 0.0953. The van der Waals surface area contributed by atoms with Crippen LogP contribution in [-0.4, -0.2) is 47.9 Å². The molecule has 134 valence electrons. The maximum atomic E-state index is 12.4. The zero-order chi connectivity index (χ0) is 17.6. The zero-order valence-corrected chi connectivity index (χ0v) is 16.0. The first kappa shape index (κ1) is 18.4. The van der Waals surface area contributed by atoms with Crippen LogP contribution in [0.4, 0.5) is 0 Å². The lowest BCUT2D eigenvalue weighted by Gasteiger charge is -2.37. The number of nitrogens with one attached hydrogen (secondary N) is 1. The Hall–Kier alpha value is -1.40. The molecule has 4 nitrogen and oxygen atoms in total. The monoisotopic (exact) mass is 377 g/mol. The molecule has 25 heavy (non-hydrogen) atoms. The average Bonchev–Trinajstić information content (AvgIpc) is 3.05. The van der Waals surface area contributed by atoms with E-state index < -0.39 is 0 Å². The van der Waals surface area contributed by atoms with E-state index in [1.54, 1.807) is 11.3 Å². The fraction of sp³-hybridized carbons (Fsp3) is 0.421. The van der Waals surface area contributed by atoms with Crippen molar-refractivity contribution in [3.05, 3.63) is 57.2 Å². The highest BCUT2D eigenvalue weighted by atomic mass is 35.5. The number of carbonyl (C=O) groups excluding carboxylic acids is 1. The van der Waals surface area contributed by atoms with Gasteiger partial charge in [0.1, 0.15) is 0 Å². The molecule has 1 saturated heterocycles. The van der Waals surface area contributed by atoms with Crippen molar-refractivity contribution in [2.45, 2.75) is 26.1 Å². The fourth-order valence-corrected chi connectivity index (χ4v) is 4.19. The largest absolute Gasteiger partial charge is 0.351 e. The number of halogens is 1. The molecule has 2 aromatic rings. The summed E-state index contributed by atoms with van der Waals surface area (Å²) in [6.07, 6.45) is 0. The molecule has 6 heteroatoms. The van der Waals surface area contributed by atoms with Crippen LogP contribution in [0.5, 0.6) is 0 Å². The normalized spacial score (nSPS) is 17.4. The lowest BCUT2D eigenvalue weighted by Crippen LogP contribution is -2.53. The third-order valence-electron chi connectivity index (χ3n) is 4.65. The molecular formula is C19H24ClN3OS. The maximum Gasteiger partial charge on any atom is 0.237 e. The highest BCUT2D eigenvalue weighted by Crippen LogP contribution is 2.23. The molecular weight excluding hydrogens is 354 g/mol. The number of benzene rings is 1. The summed E-state index contributed by atoms with van der Waals surface area (Å²) in [7, 11) is 0. The third kappa shape index (κ3) is 5.28. The van der Waals surface area contributed by atoms with Gasteiger partial charge in [0.2, 0.25) is 5.91 Å². The SMILES string of the molecule is CC(C(=O)NCc1ccccc1)N1CCN(Cc2ccc(Cl)s2)CC1. The minimum Gasteiger partial charge on any atom is -0.351 e. The van der Waals surface area contributed by atoms with E-state index in [1.165, 1.54) is 4.88 Å². The Kier molecular flexibility index (Phi) is 6.48. The summed E-state index contributed by atoms with van der Waals surface area (Å²) in [6, 6.07) is 14.0. The number of nitrogens with zero attached hydrogens (tertiary/aromatic N) is 2. The molecule has 3 rings (SSSR count). The van der Waals surface area contributed by atoms with Gasteiger partial charge in [-0.1, -0.05) is 41.9 Å². The van der Waals surface area contributed by atoms with Gasteiger partial charge in [-0.3, -0.25) is 14.6 Å². The predicted octanol–water partition coefficient (Wildman–Crippen LogP) is 3.22. The summed E-state index contributed by atoms with van der Waals surface area (Å²) in [4.78, 5) is 18.4. The molecule has 1 atom stereocenters. The Morgan fingerprint density at radius 2 is 1.88 bits per heavy atom. The van der Waals surface area contributed by atoms with Gasteiger partial charge >= 0.3 is 0 Å². The maximum absolute atomic E-state index is 12.4. The Labute approximate surface area is 158 Å². The first-order valence-electron chi connectivity index (χ1n) is 8.64. The molecule has 1 unspecified atom stereocenters. The van der Waals surface area contributed by atoms with Crippen molar-refractivity contribution < 1.29 is 4.79 Å². The molecule has 1 amide bonds. The molecule has 1 aromatic carbocycles. The topological polar surface area (TPSA) is 35.6 Å². The number of piperazine rings is 1. The van der Waals surface area contributed by atoms with Gasteiger partial charge < -0.3 is 5.32 Å². The van der Waals surface area contributed by atoms with Crippen molar-refractivity contribution >= 4 is 28.8 Å². The first-order valence-corrected chi connectivity index (χ1v) is 9.83. The molecule has 1 N–H and O–H groups in total. The molecule has 0 saturated carbocycles. The summed E-state index contributed by atoms with van der Waals surface area (Å²) in [5, 5.41) is 3.04. The first-order chi connectivity index (χ1) is 12.1. The van der Waals surface area contributed by atoms with Crippen LogP contribution in [0.2, 0.25) is 4.34 Å². The van der Waals surface area contributed by atoms with Gasteiger partial charge in [0.05, 0.1) is 10.4 Å². The number of amides is 1. The van der Waals surface area contributed by atoms with Crippen LogP contribution in [0.15, 0.2) is 42.5 Å². The van der Waals surface area contributed by atoms with Gasteiger partial charge in [0, 0.05) is 44.1 Å². The van der Waals surface area contributed by atoms with Crippen LogP contribution < -0.4 is 5.32 Å². The van der Waals surface area contributed by atoms with E-state index in [-0.39, 0.29) is 11.9 Å². The van der Waals surface area contributed by atoms with Crippen molar-refractivity contribution in [1.29, 1.82) is 0 Å². The quantitative estimate of drug-likeness (QED) is 0.839. The van der Waals surface area contributed by atoms with E-state index in [2.05, 4.69) is 21.2 Å². The van der Waals surface area contributed by atoms with Gasteiger partial charge in [-0.15, -0.1) is 11.3 Å². The summed E-state index contributed by atoms with van der Waals surface area (Å²) in [5.41, 5.74) is 1.13. The molecule has 1 aromatic heterocycles. The summed E-state index contributed by atoms with van der Waals surface area (Å²) in [6.45, 7) is 7.31. The van der Waals surface area contributed by atoms with Crippen molar-refractivity contribution in [2.24, 2.45) is 0 Å². The minimum atomic E-state index is -0.0953. The van der Waals surface area contributed by atoms with E-state index in [9.17, 15) is 4.79 Å². The van der Waals surface area contributed by atoms with Crippen LogP contribution in [0, 0.1) is 0 Å². The van der Waals surface area contributed by atoms with Crippen molar-refractivity contribution in [1.82, 2.24) is 15.1 Å². The molecule has 2 heterocycles. The van der Waals surface area contributed by atoms with Crippen LogP contribution in [0.25, 0.3) is 0 Å². The molecule has 1 aliphatic heterocycles. The number of thiophene rings is 1. The van der Waals surface area contributed by atoms with Crippen LogP contribution in [0.1, 0.15) is 17.4 Å². The Morgan fingerprint density at radius 1 is 1.16 bits per heavy atom. The summed E-state index contributed by atoms with van der Waals surface area (Å²) in [5.74, 6) is 0.0994. The Morgan fingerprint density at radius 3 is 2.52 bits per heavy atom. The molecule has 0 bridgehead atoms. The highest BCUT2D eigenvalue weighted by Gasteiger charge is 2.25.